The summed E-state index contributed by atoms with van der Waals surface area (Å²) in [5.74, 6) is -0.765. The molecule has 0 spiro atoms. The van der Waals surface area contributed by atoms with Gasteiger partial charge in [0.15, 0.2) is 0 Å². The van der Waals surface area contributed by atoms with Crippen molar-refractivity contribution in [3.63, 3.8) is 0 Å². The molecule has 1 heterocycles. The van der Waals surface area contributed by atoms with E-state index in [1.165, 1.54) is 5.01 Å². The maximum Gasteiger partial charge on any atom is 0.282 e. The summed E-state index contributed by atoms with van der Waals surface area (Å²) < 4.78 is 0.904. The first-order valence-electron chi connectivity index (χ1n) is 7.36. The molecule has 1 aliphatic rings. The van der Waals surface area contributed by atoms with Crippen LogP contribution in [0.5, 0.6) is 0 Å². The zero-order valence-electron chi connectivity index (χ0n) is 13.3. The molecule has 2 aromatic rings. The van der Waals surface area contributed by atoms with Crippen molar-refractivity contribution < 1.29 is 9.59 Å². The molecule has 1 saturated heterocycles. The molecule has 0 radical (unpaired) electrons. The Morgan fingerprint density at radius 3 is 2.21 bits per heavy atom. The van der Waals surface area contributed by atoms with Crippen LogP contribution in [0, 0.1) is 0 Å². The second-order valence-corrected chi connectivity index (χ2v) is 6.52. The fourth-order valence-corrected chi connectivity index (χ4v) is 2.63. The molecule has 0 aromatic heterocycles. The SMILES string of the molecule is CN(C)c1ccc(/C=C2/C(=O)NN(c3ccc(Br)cc3)C2=O)cc1. The number of nitrogens with one attached hydrogen (secondary N) is 1. The molecule has 0 aliphatic carbocycles. The number of nitrogens with zero attached hydrogens (tertiary/aromatic N) is 2. The van der Waals surface area contributed by atoms with E-state index in [9.17, 15) is 9.59 Å². The zero-order valence-corrected chi connectivity index (χ0v) is 14.9. The van der Waals surface area contributed by atoms with E-state index in [0.717, 1.165) is 15.7 Å². The van der Waals surface area contributed by atoms with Crippen molar-refractivity contribution in [2.45, 2.75) is 0 Å². The number of carbonyl (C=O) groups is 2. The van der Waals surface area contributed by atoms with Gasteiger partial charge in [-0.1, -0.05) is 28.1 Å². The Hall–Kier alpha value is -2.60. The van der Waals surface area contributed by atoms with Crippen molar-refractivity contribution >= 4 is 45.2 Å². The summed E-state index contributed by atoms with van der Waals surface area (Å²) in [7, 11) is 3.91. The highest BCUT2D eigenvalue weighted by Crippen LogP contribution is 2.23. The molecule has 1 fully saturated rings. The van der Waals surface area contributed by atoms with Gasteiger partial charge in [0.2, 0.25) is 0 Å². The second-order valence-electron chi connectivity index (χ2n) is 5.60. The third-order valence-electron chi connectivity index (χ3n) is 3.70. The minimum absolute atomic E-state index is 0.121. The molecular weight excluding hydrogens is 370 g/mol. The molecule has 24 heavy (non-hydrogen) atoms. The van der Waals surface area contributed by atoms with Gasteiger partial charge in [-0.25, -0.2) is 5.01 Å². The number of hydrazine groups is 1. The summed E-state index contributed by atoms with van der Waals surface area (Å²) in [6.45, 7) is 0. The van der Waals surface area contributed by atoms with Gasteiger partial charge >= 0.3 is 0 Å². The molecular formula is C18H16BrN3O2. The largest absolute Gasteiger partial charge is 0.378 e. The van der Waals surface area contributed by atoms with Crippen LogP contribution in [0.25, 0.3) is 6.08 Å². The lowest BCUT2D eigenvalue weighted by Gasteiger charge is -2.14. The van der Waals surface area contributed by atoms with E-state index in [2.05, 4.69) is 21.4 Å². The monoisotopic (exact) mass is 385 g/mol. The summed E-state index contributed by atoms with van der Waals surface area (Å²) in [6.07, 6.45) is 1.61. The van der Waals surface area contributed by atoms with Crippen molar-refractivity contribution in [3.8, 4) is 0 Å². The van der Waals surface area contributed by atoms with E-state index in [-0.39, 0.29) is 11.5 Å². The smallest absolute Gasteiger partial charge is 0.282 e. The molecule has 6 heteroatoms. The van der Waals surface area contributed by atoms with E-state index >= 15 is 0 Å². The molecule has 0 saturated carbocycles. The molecule has 3 rings (SSSR count). The van der Waals surface area contributed by atoms with E-state index < -0.39 is 5.91 Å². The van der Waals surface area contributed by atoms with Crippen LogP contribution in [0.4, 0.5) is 11.4 Å². The highest BCUT2D eigenvalue weighted by atomic mass is 79.9. The van der Waals surface area contributed by atoms with Crippen molar-refractivity contribution in [2.24, 2.45) is 0 Å². The minimum atomic E-state index is -0.403. The molecule has 1 aliphatic heterocycles. The van der Waals surface area contributed by atoms with Crippen molar-refractivity contribution in [2.75, 3.05) is 24.0 Å². The van der Waals surface area contributed by atoms with Gasteiger partial charge in [-0.15, -0.1) is 0 Å². The van der Waals surface area contributed by atoms with E-state index in [0.29, 0.717) is 5.69 Å². The summed E-state index contributed by atoms with van der Waals surface area (Å²) in [5, 5.41) is 1.26. The van der Waals surface area contributed by atoms with Crippen LogP contribution in [-0.4, -0.2) is 25.9 Å². The number of hydrogen-bond donors (Lipinski definition) is 1. The predicted octanol–water partition coefficient (Wildman–Crippen LogP) is 2.98. The van der Waals surface area contributed by atoms with Crippen LogP contribution in [0.1, 0.15) is 5.56 Å². The lowest BCUT2D eigenvalue weighted by atomic mass is 10.1. The molecule has 122 valence electrons. The molecule has 0 unspecified atom stereocenters. The van der Waals surface area contributed by atoms with Crippen LogP contribution in [0.3, 0.4) is 0 Å². The molecule has 0 bridgehead atoms. The van der Waals surface area contributed by atoms with Crippen LogP contribution < -0.4 is 15.3 Å². The predicted molar refractivity (Wildman–Crippen MR) is 98.5 cm³/mol. The quantitative estimate of drug-likeness (QED) is 0.652. The van der Waals surface area contributed by atoms with Crippen molar-refractivity contribution in [1.29, 1.82) is 0 Å². The van der Waals surface area contributed by atoms with Crippen LogP contribution in [0.2, 0.25) is 0 Å². The van der Waals surface area contributed by atoms with E-state index in [1.807, 2.05) is 55.4 Å². The van der Waals surface area contributed by atoms with Crippen LogP contribution in [-0.2, 0) is 9.59 Å². The van der Waals surface area contributed by atoms with Gasteiger partial charge in [-0.3, -0.25) is 15.0 Å². The summed E-state index contributed by atoms with van der Waals surface area (Å²) in [5.41, 5.74) is 5.18. The standard InChI is InChI=1S/C18H16BrN3O2/c1-21(2)14-7-3-12(4-8-14)11-16-17(23)20-22(18(16)24)15-9-5-13(19)6-10-15/h3-11H,1-2H3,(H,20,23)/b16-11-. The van der Waals surface area contributed by atoms with Crippen LogP contribution >= 0.6 is 15.9 Å². The molecule has 1 N–H and O–H groups in total. The molecule has 2 amide bonds. The summed E-state index contributed by atoms with van der Waals surface area (Å²) >= 11 is 3.35. The number of benzene rings is 2. The fraction of sp³-hybridized carbons (Fsp3) is 0.111. The van der Waals surface area contributed by atoms with Crippen molar-refractivity contribution in [1.82, 2.24) is 5.43 Å². The molecule has 5 nitrogen and oxygen atoms in total. The Labute approximate surface area is 148 Å². The van der Waals surface area contributed by atoms with Gasteiger partial charge in [0.25, 0.3) is 11.8 Å². The van der Waals surface area contributed by atoms with Crippen molar-refractivity contribution in [3.05, 3.63) is 64.1 Å². The number of hydrogen-bond acceptors (Lipinski definition) is 3. The third-order valence-corrected chi connectivity index (χ3v) is 4.23. The first kappa shape index (κ1) is 16.3. The summed E-state index contributed by atoms with van der Waals surface area (Å²) in [6, 6.07) is 14.8. The van der Waals surface area contributed by atoms with Gasteiger partial charge in [-0.05, 0) is 48.0 Å². The topological polar surface area (TPSA) is 52.7 Å². The Morgan fingerprint density at radius 1 is 1.00 bits per heavy atom. The van der Waals surface area contributed by atoms with Gasteiger partial charge in [0, 0.05) is 24.3 Å². The number of anilines is 2. The Kier molecular flexibility index (Phi) is 4.40. The zero-order chi connectivity index (χ0) is 17.3. The van der Waals surface area contributed by atoms with Gasteiger partial charge in [0.05, 0.1) is 5.69 Å². The first-order valence-corrected chi connectivity index (χ1v) is 8.15. The molecule has 0 atom stereocenters. The highest BCUT2D eigenvalue weighted by molar-refractivity contribution is 9.10. The minimum Gasteiger partial charge on any atom is -0.378 e. The van der Waals surface area contributed by atoms with Crippen LogP contribution in [0.15, 0.2) is 58.6 Å². The Bertz CT molecular complexity index is 811. The average Bonchev–Trinajstić information content (AvgIpc) is 2.84. The van der Waals surface area contributed by atoms with Gasteiger partial charge in [0.1, 0.15) is 5.57 Å². The third kappa shape index (κ3) is 3.19. The van der Waals surface area contributed by atoms with E-state index in [4.69, 9.17) is 0 Å². The lowest BCUT2D eigenvalue weighted by Crippen LogP contribution is -2.35. The lowest BCUT2D eigenvalue weighted by molar-refractivity contribution is -0.117. The number of amides is 2. The molecule has 2 aromatic carbocycles. The maximum absolute atomic E-state index is 12.5. The van der Waals surface area contributed by atoms with E-state index in [1.54, 1.807) is 18.2 Å². The normalized spacial score (nSPS) is 15.8. The first-order chi connectivity index (χ1) is 11.5. The maximum atomic E-state index is 12.5. The Morgan fingerprint density at radius 2 is 1.62 bits per heavy atom. The number of halogens is 1. The average molecular weight is 386 g/mol. The number of carbonyl (C=O) groups excluding carboxylic acids is 2. The summed E-state index contributed by atoms with van der Waals surface area (Å²) in [4.78, 5) is 26.7. The Balaban J connectivity index is 1.87. The second kappa shape index (κ2) is 6.49. The van der Waals surface area contributed by atoms with Gasteiger partial charge < -0.3 is 4.90 Å². The van der Waals surface area contributed by atoms with Gasteiger partial charge in [-0.2, -0.15) is 0 Å². The highest BCUT2D eigenvalue weighted by Gasteiger charge is 2.34. The fourth-order valence-electron chi connectivity index (χ4n) is 2.36. The number of rotatable bonds is 3.